The minimum Gasteiger partial charge on any atom is -0.390 e. The van der Waals surface area contributed by atoms with Crippen LogP contribution in [0.25, 0.3) is 0 Å². The lowest BCUT2D eigenvalue weighted by molar-refractivity contribution is -0.176. The molecular weight excluding hydrogens is 436 g/mol. The number of para-hydroxylation sites is 1. The summed E-state index contributed by atoms with van der Waals surface area (Å²) in [7, 11) is 0. The molecule has 3 fully saturated rings. The third-order valence-corrected chi connectivity index (χ3v) is 10.3. The van der Waals surface area contributed by atoms with Crippen molar-refractivity contribution in [3.05, 3.63) is 30.3 Å². The Hall–Kier alpha value is -1.14. The van der Waals surface area contributed by atoms with Gasteiger partial charge in [-0.1, -0.05) is 45.4 Å². The molecule has 2 saturated carbocycles. The first-order valence-electron chi connectivity index (χ1n) is 14.0. The third-order valence-electron chi connectivity index (χ3n) is 10.3. The van der Waals surface area contributed by atoms with E-state index in [1.165, 1.54) is 18.5 Å². The van der Waals surface area contributed by atoms with Gasteiger partial charge in [0, 0.05) is 38.4 Å². The average molecular weight is 487 g/mol. The smallest absolute Gasteiger partial charge is 0.0950 e. The SMILES string of the molecule is CC1(C)CCC[C@]2(C)[C@@H](CC[C@@](C)(O)[C@H](O)CN3CCN(c4ccccc4)CC3)[C@](C)(O)CC[C@@H]12. The zero-order chi connectivity index (χ0) is 25.5. The van der Waals surface area contributed by atoms with Gasteiger partial charge in [0.25, 0.3) is 0 Å². The monoisotopic (exact) mass is 486 g/mol. The molecule has 3 aliphatic rings. The van der Waals surface area contributed by atoms with Gasteiger partial charge in [-0.2, -0.15) is 0 Å². The van der Waals surface area contributed by atoms with E-state index in [2.05, 4.69) is 54.8 Å². The van der Waals surface area contributed by atoms with E-state index < -0.39 is 17.3 Å². The first kappa shape index (κ1) is 26.9. The Morgan fingerprint density at radius 2 is 1.66 bits per heavy atom. The Morgan fingerprint density at radius 1 is 1.00 bits per heavy atom. The number of rotatable bonds is 7. The maximum Gasteiger partial charge on any atom is 0.0950 e. The van der Waals surface area contributed by atoms with Crippen LogP contribution >= 0.6 is 0 Å². The summed E-state index contributed by atoms with van der Waals surface area (Å²) in [5.74, 6) is 0.742. The van der Waals surface area contributed by atoms with Crippen LogP contribution in [-0.4, -0.2) is 70.2 Å². The van der Waals surface area contributed by atoms with E-state index in [4.69, 9.17) is 0 Å². The Labute approximate surface area is 213 Å². The highest BCUT2D eigenvalue weighted by Crippen LogP contribution is 2.63. The zero-order valence-electron chi connectivity index (χ0n) is 22.8. The zero-order valence-corrected chi connectivity index (χ0v) is 22.8. The molecule has 35 heavy (non-hydrogen) atoms. The second kappa shape index (κ2) is 9.96. The highest BCUT2D eigenvalue weighted by Gasteiger charge is 2.58. The third kappa shape index (κ3) is 5.58. The van der Waals surface area contributed by atoms with Crippen molar-refractivity contribution >= 4 is 5.69 Å². The van der Waals surface area contributed by atoms with Crippen molar-refractivity contribution in [3.8, 4) is 0 Å². The van der Waals surface area contributed by atoms with Crippen LogP contribution in [0.3, 0.4) is 0 Å². The van der Waals surface area contributed by atoms with Crippen LogP contribution in [-0.2, 0) is 0 Å². The molecule has 2 aliphatic carbocycles. The number of β-amino-alcohol motifs (C(OH)–C–C–N with tert-alkyl or cyclic N) is 1. The highest BCUT2D eigenvalue weighted by molar-refractivity contribution is 5.46. The number of aliphatic hydroxyl groups excluding tert-OH is 1. The molecule has 1 aromatic rings. The molecule has 1 aromatic carbocycles. The van der Waals surface area contributed by atoms with E-state index in [1.54, 1.807) is 6.92 Å². The van der Waals surface area contributed by atoms with Crippen LogP contribution in [0.2, 0.25) is 0 Å². The van der Waals surface area contributed by atoms with Gasteiger partial charge < -0.3 is 20.2 Å². The minimum absolute atomic E-state index is 0.0816. The lowest BCUT2D eigenvalue weighted by Crippen LogP contribution is -2.58. The van der Waals surface area contributed by atoms with Crippen molar-refractivity contribution in [1.82, 2.24) is 4.90 Å². The summed E-state index contributed by atoms with van der Waals surface area (Å²) >= 11 is 0. The second-order valence-corrected chi connectivity index (χ2v) is 13.4. The van der Waals surface area contributed by atoms with Crippen LogP contribution in [0.1, 0.15) is 79.6 Å². The van der Waals surface area contributed by atoms with Crippen molar-refractivity contribution in [3.63, 3.8) is 0 Å². The number of anilines is 1. The van der Waals surface area contributed by atoms with Gasteiger partial charge in [-0.3, -0.25) is 4.90 Å². The number of benzene rings is 1. The van der Waals surface area contributed by atoms with E-state index in [9.17, 15) is 15.3 Å². The average Bonchev–Trinajstić information content (AvgIpc) is 2.78. The summed E-state index contributed by atoms with van der Waals surface area (Å²) in [5, 5.41) is 33.9. The Balaban J connectivity index is 1.35. The number of hydrogen-bond acceptors (Lipinski definition) is 5. The fraction of sp³-hybridized carbons (Fsp3) is 0.800. The first-order chi connectivity index (χ1) is 16.4. The molecular formula is C30H50N2O3. The van der Waals surface area contributed by atoms with Gasteiger partial charge in [0.05, 0.1) is 17.3 Å². The molecule has 0 unspecified atom stereocenters. The summed E-state index contributed by atoms with van der Waals surface area (Å²) < 4.78 is 0. The molecule has 0 radical (unpaired) electrons. The lowest BCUT2D eigenvalue weighted by Gasteiger charge is -2.61. The molecule has 0 aromatic heterocycles. The van der Waals surface area contributed by atoms with Crippen LogP contribution in [0.5, 0.6) is 0 Å². The topological polar surface area (TPSA) is 67.2 Å². The molecule has 1 saturated heterocycles. The van der Waals surface area contributed by atoms with Gasteiger partial charge in [0.15, 0.2) is 0 Å². The van der Waals surface area contributed by atoms with Gasteiger partial charge >= 0.3 is 0 Å². The number of piperazine rings is 1. The van der Waals surface area contributed by atoms with E-state index in [1.807, 2.05) is 13.0 Å². The largest absolute Gasteiger partial charge is 0.390 e. The summed E-state index contributed by atoms with van der Waals surface area (Å²) in [6.07, 6.45) is 6.00. The first-order valence-corrected chi connectivity index (χ1v) is 14.0. The van der Waals surface area contributed by atoms with Gasteiger partial charge in [-0.15, -0.1) is 0 Å². The molecule has 3 N–H and O–H groups in total. The molecule has 1 heterocycles. The predicted molar refractivity (Wildman–Crippen MR) is 144 cm³/mol. The van der Waals surface area contributed by atoms with Gasteiger partial charge in [-0.25, -0.2) is 0 Å². The van der Waals surface area contributed by atoms with E-state index in [0.717, 1.165) is 51.9 Å². The highest BCUT2D eigenvalue weighted by atomic mass is 16.3. The maximum absolute atomic E-state index is 11.5. The molecule has 0 bridgehead atoms. The van der Waals surface area contributed by atoms with Crippen molar-refractivity contribution in [2.24, 2.45) is 22.7 Å². The van der Waals surface area contributed by atoms with Crippen molar-refractivity contribution < 1.29 is 15.3 Å². The Morgan fingerprint density at radius 3 is 2.31 bits per heavy atom. The predicted octanol–water partition coefficient (Wildman–Crippen LogP) is 4.69. The summed E-state index contributed by atoms with van der Waals surface area (Å²) in [5.41, 5.74) is -0.255. The summed E-state index contributed by atoms with van der Waals surface area (Å²) in [6.45, 7) is 15.1. The van der Waals surface area contributed by atoms with E-state index in [0.29, 0.717) is 24.3 Å². The molecule has 0 spiro atoms. The number of hydrogen-bond donors (Lipinski definition) is 3. The number of fused-ring (bicyclic) bond motifs is 1. The van der Waals surface area contributed by atoms with E-state index >= 15 is 0 Å². The van der Waals surface area contributed by atoms with Crippen molar-refractivity contribution in [2.45, 2.75) is 96.9 Å². The molecule has 6 atom stereocenters. The van der Waals surface area contributed by atoms with Crippen molar-refractivity contribution in [2.75, 3.05) is 37.6 Å². The molecule has 4 rings (SSSR count). The fourth-order valence-electron chi connectivity index (χ4n) is 8.14. The van der Waals surface area contributed by atoms with Crippen LogP contribution in [0, 0.1) is 22.7 Å². The van der Waals surface area contributed by atoms with Crippen LogP contribution in [0.15, 0.2) is 30.3 Å². The standard InChI is InChI=1S/C30H50N2O3/c1-27(2)14-9-15-28(3)24(27)12-16-29(4,34)25(28)13-17-30(5,35)26(33)22-31-18-20-32(21-19-31)23-10-7-6-8-11-23/h6-8,10-11,24-26,33-35H,9,12-22H2,1-5H3/t24-,25+,26+,28-,29+,30+/m0/s1. The van der Waals surface area contributed by atoms with Gasteiger partial charge in [-0.05, 0) is 87.2 Å². The van der Waals surface area contributed by atoms with Crippen LogP contribution in [0.4, 0.5) is 5.69 Å². The lowest BCUT2D eigenvalue weighted by atomic mass is 9.45. The quantitative estimate of drug-likeness (QED) is 0.522. The summed E-state index contributed by atoms with van der Waals surface area (Å²) in [6, 6.07) is 10.5. The molecule has 0 amide bonds. The van der Waals surface area contributed by atoms with Crippen molar-refractivity contribution in [1.29, 1.82) is 0 Å². The maximum atomic E-state index is 11.5. The Bertz CT molecular complexity index is 831. The Kier molecular flexibility index (Phi) is 7.66. The van der Waals surface area contributed by atoms with Gasteiger partial charge in [0.1, 0.15) is 0 Å². The summed E-state index contributed by atoms with van der Waals surface area (Å²) in [4.78, 5) is 4.66. The van der Waals surface area contributed by atoms with E-state index in [-0.39, 0.29) is 11.3 Å². The van der Waals surface area contributed by atoms with Crippen LogP contribution < -0.4 is 4.90 Å². The fourth-order valence-corrected chi connectivity index (χ4v) is 8.14. The second-order valence-electron chi connectivity index (χ2n) is 13.4. The molecule has 1 aliphatic heterocycles. The molecule has 5 heteroatoms. The number of nitrogens with zero attached hydrogens (tertiary/aromatic N) is 2. The molecule has 5 nitrogen and oxygen atoms in total. The normalized spacial score (nSPS) is 36.3. The molecule has 198 valence electrons. The van der Waals surface area contributed by atoms with Gasteiger partial charge in [0.2, 0.25) is 0 Å². The minimum atomic E-state index is -1.17. The number of aliphatic hydroxyl groups is 3.